The zero-order valence-electron chi connectivity index (χ0n) is 24.0. The van der Waals surface area contributed by atoms with Gasteiger partial charge in [0, 0.05) is 6.10 Å². The molecule has 5 heteroatoms. The summed E-state index contributed by atoms with van der Waals surface area (Å²) >= 11 is 2.41. The number of ether oxygens (including phenoxy) is 1. The number of carbonyl (C=O) groups excluding carboxylic acids is 1. The molecule has 0 aliphatic heterocycles. The lowest BCUT2D eigenvalue weighted by Crippen LogP contribution is -2.67. The number of benzene rings is 3. The molecule has 0 amide bonds. The standard InChI is InChI=1S/C34H43IO3Si/c1-27(17-16-26-35)32(37-33(36)29-19-9-6-10-20-29)25-15-18-28(2)38-39(34(3,4)5,30-21-11-7-12-22-30)31-23-13-8-14-24-31/h6-15,19-25,27-28,32H,16-18,26H2,1-5H3/b25-15-/t27-,28-,32?/m0/s1. The number of halogens is 1. The minimum Gasteiger partial charge on any atom is -0.454 e. The van der Waals surface area contributed by atoms with Crippen LogP contribution in [0.15, 0.2) is 103 Å². The SMILES string of the molecule is C[C@@H](C/C=C\C(OC(=O)c1ccccc1)[C@@H](C)CCCI)O[Si](c1ccccc1)(c1ccccc1)C(C)(C)C. The molecular weight excluding hydrogens is 611 g/mol. The van der Waals surface area contributed by atoms with Crippen LogP contribution in [0, 0.1) is 5.92 Å². The number of alkyl halides is 1. The summed E-state index contributed by atoms with van der Waals surface area (Å²) in [6, 6.07) is 30.7. The summed E-state index contributed by atoms with van der Waals surface area (Å²) in [4.78, 5) is 12.9. The van der Waals surface area contributed by atoms with Crippen LogP contribution in [0.25, 0.3) is 0 Å². The topological polar surface area (TPSA) is 35.5 Å². The summed E-state index contributed by atoms with van der Waals surface area (Å²) in [6.45, 7) is 11.2. The highest BCUT2D eigenvalue weighted by atomic mass is 127. The van der Waals surface area contributed by atoms with E-state index in [2.05, 4.69) is 130 Å². The minimum absolute atomic E-state index is 0.0114. The number of hydrogen-bond acceptors (Lipinski definition) is 3. The Labute approximate surface area is 250 Å². The predicted octanol–water partition coefficient (Wildman–Crippen LogP) is 7.97. The lowest BCUT2D eigenvalue weighted by Gasteiger charge is -2.44. The lowest BCUT2D eigenvalue weighted by molar-refractivity contribution is 0.0282. The highest BCUT2D eigenvalue weighted by Gasteiger charge is 2.50. The van der Waals surface area contributed by atoms with Crippen molar-refractivity contribution in [2.24, 2.45) is 5.92 Å². The van der Waals surface area contributed by atoms with E-state index in [1.54, 1.807) is 12.1 Å². The molecule has 3 aromatic carbocycles. The molecule has 3 rings (SSSR count). The highest BCUT2D eigenvalue weighted by molar-refractivity contribution is 14.1. The van der Waals surface area contributed by atoms with Gasteiger partial charge in [0.2, 0.25) is 0 Å². The average Bonchev–Trinajstić information content (AvgIpc) is 2.94. The van der Waals surface area contributed by atoms with E-state index in [9.17, 15) is 4.79 Å². The summed E-state index contributed by atoms with van der Waals surface area (Å²) in [5.74, 6) is -0.0419. The van der Waals surface area contributed by atoms with Gasteiger partial charge in [0.1, 0.15) is 6.10 Å². The van der Waals surface area contributed by atoms with Gasteiger partial charge in [-0.25, -0.2) is 4.79 Å². The van der Waals surface area contributed by atoms with Crippen LogP contribution in [0.2, 0.25) is 5.04 Å². The normalized spacial score (nSPS) is 14.6. The number of rotatable bonds is 13. The lowest BCUT2D eigenvalue weighted by atomic mass is 9.98. The smallest absolute Gasteiger partial charge is 0.338 e. The molecule has 39 heavy (non-hydrogen) atoms. The van der Waals surface area contributed by atoms with Crippen LogP contribution in [0.1, 0.15) is 64.2 Å². The van der Waals surface area contributed by atoms with E-state index < -0.39 is 8.32 Å². The first-order valence-corrected chi connectivity index (χ1v) is 17.4. The van der Waals surface area contributed by atoms with Crippen LogP contribution in [0.5, 0.6) is 0 Å². The Morgan fingerprint density at radius 1 is 0.872 bits per heavy atom. The third-order valence-corrected chi connectivity index (χ3v) is 13.1. The summed E-state index contributed by atoms with van der Waals surface area (Å²) in [5.41, 5.74) is 0.584. The summed E-state index contributed by atoms with van der Waals surface area (Å²) in [6.07, 6.45) is 6.78. The van der Waals surface area contributed by atoms with Crippen molar-refractivity contribution < 1.29 is 14.0 Å². The van der Waals surface area contributed by atoms with E-state index in [0.717, 1.165) is 23.7 Å². The quantitative estimate of drug-likeness (QED) is 0.0617. The van der Waals surface area contributed by atoms with Crippen molar-refractivity contribution in [1.82, 2.24) is 0 Å². The molecule has 0 aliphatic carbocycles. The molecule has 0 saturated carbocycles. The maximum absolute atomic E-state index is 12.9. The molecule has 0 aliphatic rings. The van der Waals surface area contributed by atoms with E-state index in [4.69, 9.17) is 9.16 Å². The molecule has 0 heterocycles. The van der Waals surface area contributed by atoms with Crippen LogP contribution >= 0.6 is 22.6 Å². The third-order valence-electron chi connectivity index (χ3n) is 7.20. The Kier molecular flexibility index (Phi) is 12.0. The van der Waals surface area contributed by atoms with Gasteiger partial charge >= 0.3 is 5.97 Å². The molecule has 0 N–H and O–H groups in total. The summed E-state index contributed by atoms with van der Waals surface area (Å²) < 4.78 is 14.3. The maximum Gasteiger partial charge on any atom is 0.338 e. The Hall–Kier alpha value is -2.22. The van der Waals surface area contributed by atoms with Crippen LogP contribution in [-0.2, 0) is 9.16 Å². The van der Waals surface area contributed by atoms with Crippen molar-refractivity contribution in [2.45, 2.75) is 71.1 Å². The molecule has 3 aromatic rings. The largest absolute Gasteiger partial charge is 0.454 e. The minimum atomic E-state index is -2.62. The zero-order chi connectivity index (χ0) is 28.3. The Bertz CT molecular complexity index is 1120. The molecule has 0 fully saturated rings. The molecule has 1 unspecified atom stereocenters. The highest BCUT2D eigenvalue weighted by Crippen LogP contribution is 2.37. The zero-order valence-corrected chi connectivity index (χ0v) is 27.1. The number of carbonyl (C=O) groups is 1. The van der Waals surface area contributed by atoms with Gasteiger partial charge < -0.3 is 9.16 Å². The Morgan fingerprint density at radius 3 is 1.87 bits per heavy atom. The average molecular weight is 655 g/mol. The summed E-state index contributed by atoms with van der Waals surface area (Å²) in [5, 5.41) is 2.48. The molecule has 3 atom stereocenters. The summed E-state index contributed by atoms with van der Waals surface area (Å²) in [7, 11) is -2.62. The number of esters is 1. The van der Waals surface area contributed by atoms with Gasteiger partial charge in [-0.2, -0.15) is 0 Å². The predicted molar refractivity (Wildman–Crippen MR) is 175 cm³/mol. The molecule has 0 saturated heterocycles. The fourth-order valence-electron chi connectivity index (χ4n) is 5.12. The molecule has 0 radical (unpaired) electrons. The van der Waals surface area contributed by atoms with Crippen molar-refractivity contribution in [1.29, 1.82) is 0 Å². The van der Waals surface area contributed by atoms with E-state index in [-0.39, 0.29) is 29.1 Å². The first-order valence-electron chi connectivity index (χ1n) is 14.0. The molecule has 0 aromatic heterocycles. The molecule has 208 valence electrons. The molecule has 0 spiro atoms. The fourth-order valence-corrected chi connectivity index (χ4v) is 10.3. The van der Waals surface area contributed by atoms with Gasteiger partial charge in [0.15, 0.2) is 0 Å². The van der Waals surface area contributed by atoms with E-state index in [1.165, 1.54) is 10.4 Å². The van der Waals surface area contributed by atoms with E-state index >= 15 is 0 Å². The van der Waals surface area contributed by atoms with Crippen molar-refractivity contribution in [3.8, 4) is 0 Å². The van der Waals surface area contributed by atoms with Crippen LogP contribution in [-0.4, -0.2) is 30.9 Å². The van der Waals surface area contributed by atoms with Crippen LogP contribution in [0.3, 0.4) is 0 Å². The van der Waals surface area contributed by atoms with Crippen LogP contribution < -0.4 is 10.4 Å². The van der Waals surface area contributed by atoms with Crippen LogP contribution in [0.4, 0.5) is 0 Å². The van der Waals surface area contributed by atoms with Crippen molar-refractivity contribution >= 4 is 47.3 Å². The second-order valence-electron chi connectivity index (χ2n) is 11.3. The Morgan fingerprint density at radius 2 is 1.38 bits per heavy atom. The van der Waals surface area contributed by atoms with Gasteiger partial charge in [-0.3, -0.25) is 0 Å². The van der Waals surface area contributed by atoms with Crippen molar-refractivity contribution in [3.05, 3.63) is 109 Å². The second-order valence-corrected chi connectivity index (χ2v) is 16.6. The monoisotopic (exact) mass is 654 g/mol. The molecule has 0 bridgehead atoms. The van der Waals surface area contributed by atoms with Gasteiger partial charge in [-0.1, -0.05) is 135 Å². The van der Waals surface area contributed by atoms with Gasteiger partial charge in [0.25, 0.3) is 8.32 Å². The Balaban J connectivity index is 1.83. The van der Waals surface area contributed by atoms with E-state index in [1.807, 2.05) is 18.2 Å². The number of hydrogen-bond donors (Lipinski definition) is 0. The first-order chi connectivity index (χ1) is 18.7. The van der Waals surface area contributed by atoms with Crippen molar-refractivity contribution in [2.75, 3.05) is 4.43 Å². The molecule has 3 nitrogen and oxygen atoms in total. The first kappa shape index (κ1) is 31.3. The molecular formula is C34H43IO3Si. The van der Waals surface area contributed by atoms with Gasteiger partial charge in [-0.15, -0.1) is 0 Å². The van der Waals surface area contributed by atoms with Gasteiger partial charge in [-0.05, 0) is 70.2 Å². The van der Waals surface area contributed by atoms with Crippen molar-refractivity contribution in [3.63, 3.8) is 0 Å². The van der Waals surface area contributed by atoms with Gasteiger partial charge in [0.05, 0.1) is 5.56 Å². The second kappa shape index (κ2) is 15.0. The van der Waals surface area contributed by atoms with E-state index in [0.29, 0.717) is 5.56 Å². The fraction of sp³-hybridized carbons (Fsp3) is 0.382. The maximum atomic E-state index is 12.9. The third kappa shape index (κ3) is 8.38.